The summed E-state index contributed by atoms with van der Waals surface area (Å²) in [6.45, 7) is 0. The molecule has 2 N–H and O–H groups in total. The van der Waals surface area contributed by atoms with E-state index in [1.807, 2.05) is 0 Å². The summed E-state index contributed by atoms with van der Waals surface area (Å²) in [6, 6.07) is 4.98. The van der Waals surface area contributed by atoms with Crippen LogP contribution in [0, 0.1) is 0 Å². The molecule has 12 heavy (non-hydrogen) atoms. The molecule has 0 aliphatic carbocycles. The fourth-order valence-electron chi connectivity index (χ4n) is 1.02. The summed E-state index contributed by atoms with van der Waals surface area (Å²) in [4.78, 5) is 10.7. The Kier molecular flexibility index (Phi) is 1.33. The topological polar surface area (TPSA) is 69.1 Å². The minimum Gasteiger partial charge on any atom is -0.366 e. The number of nitrogens with two attached hydrogens (primary N) is 1. The Balaban J connectivity index is 2.68. The van der Waals surface area contributed by atoms with Crippen molar-refractivity contribution in [3.05, 3.63) is 30.0 Å². The van der Waals surface area contributed by atoms with Crippen molar-refractivity contribution in [3.63, 3.8) is 0 Å². The number of primary amides is 1. The molecule has 1 heterocycles. The van der Waals surface area contributed by atoms with E-state index in [0.29, 0.717) is 11.1 Å². The number of amides is 1. The highest BCUT2D eigenvalue weighted by Crippen LogP contribution is 2.13. The van der Waals surface area contributed by atoms with E-state index in [1.165, 1.54) is 6.26 Å². The molecule has 1 amide bonds. The van der Waals surface area contributed by atoms with Gasteiger partial charge in [-0.3, -0.25) is 4.79 Å². The van der Waals surface area contributed by atoms with Crippen LogP contribution in [0.15, 0.2) is 29.0 Å². The molecule has 4 nitrogen and oxygen atoms in total. The van der Waals surface area contributed by atoms with E-state index in [0.717, 1.165) is 5.39 Å². The number of fused-ring (bicyclic) bond motifs is 1. The van der Waals surface area contributed by atoms with Gasteiger partial charge in [-0.15, -0.1) is 0 Å². The number of carbonyl (C=O) groups excluding carboxylic acids is 1. The lowest BCUT2D eigenvalue weighted by molar-refractivity contribution is 0.100. The first kappa shape index (κ1) is 6.84. The summed E-state index contributed by atoms with van der Waals surface area (Å²) in [5, 5.41) is 4.54. The first-order valence-electron chi connectivity index (χ1n) is 3.41. The van der Waals surface area contributed by atoms with Crippen molar-refractivity contribution < 1.29 is 9.32 Å². The molecule has 1 aromatic carbocycles. The number of benzene rings is 1. The van der Waals surface area contributed by atoms with Gasteiger partial charge in [0.05, 0.1) is 0 Å². The van der Waals surface area contributed by atoms with Crippen LogP contribution in [-0.4, -0.2) is 11.1 Å². The third-order valence-corrected chi connectivity index (χ3v) is 1.65. The van der Waals surface area contributed by atoms with Crippen molar-refractivity contribution in [1.29, 1.82) is 0 Å². The molecule has 60 valence electrons. The molecule has 0 saturated heterocycles. The molecule has 0 unspecified atom stereocenters. The van der Waals surface area contributed by atoms with Gasteiger partial charge in [-0.05, 0) is 18.2 Å². The zero-order valence-corrected chi connectivity index (χ0v) is 6.15. The zero-order chi connectivity index (χ0) is 8.55. The van der Waals surface area contributed by atoms with E-state index in [2.05, 4.69) is 5.16 Å². The number of aromatic nitrogens is 1. The van der Waals surface area contributed by atoms with Gasteiger partial charge in [0.2, 0.25) is 5.91 Å². The van der Waals surface area contributed by atoms with Crippen molar-refractivity contribution in [2.75, 3.05) is 0 Å². The van der Waals surface area contributed by atoms with Crippen LogP contribution in [0.3, 0.4) is 0 Å². The molecule has 1 aromatic heterocycles. The van der Waals surface area contributed by atoms with E-state index in [1.54, 1.807) is 18.2 Å². The Morgan fingerprint density at radius 1 is 1.50 bits per heavy atom. The van der Waals surface area contributed by atoms with E-state index in [9.17, 15) is 4.79 Å². The molecule has 0 spiro atoms. The number of hydrogen-bond acceptors (Lipinski definition) is 3. The molecule has 0 atom stereocenters. The fourth-order valence-corrected chi connectivity index (χ4v) is 1.02. The Hall–Kier alpha value is -1.84. The zero-order valence-electron chi connectivity index (χ0n) is 6.15. The third-order valence-electron chi connectivity index (χ3n) is 1.65. The highest BCUT2D eigenvalue weighted by atomic mass is 16.5. The lowest BCUT2D eigenvalue weighted by atomic mass is 10.1. The van der Waals surface area contributed by atoms with E-state index in [4.69, 9.17) is 10.3 Å². The Morgan fingerprint density at radius 3 is 3.08 bits per heavy atom. The number of carbonyl (C=O) groups is 1. The molecule has 2 rings (SSSR count). The smallest absolute Gasteiger partial charge is 0.248 e. The normalized spacial score (nSPS) is 10.3. The molecule has 0 saturated carbocycles. The standard InChI is InChI=1S/C8H6N2O2/c9-8(11)5-1-2-6-4-12-10-7(6)3-5/h1-4H,(H2,9,11). The van der Waals surface area contributed by atoms with Crippen LogP contribution in [-0.2, 0) is 0 Å². The van der Waals surface area contributed by atoms with Gasteiger partial charge in [-0.1, -0.05) is 5.16 Å². The molecule has 0 aliphatic rings. The largest absolute Gasteiger partial charge is 0.366 e. The van der Waals surface area contributed by atoms with Crippen molar-refractivity contribution >= 4 is 16.8 Å². The number of nitrogens with zero attached hydrogens (tertiary/aromatic N) is 1. The maximum absolute atomic E-state index is 10.7. The van der Waals surface area contributed by atoms with Crippen LogP contribution >= 0.6 is 0 Å². The molecule has 0 bridgehead atoms. The molecular formula is C8H6N2O2. The SMILES string of the molecule is NC(=O)c1ccc2conc2c1. The summed E-state index contributed by atoms with van der Waals surface area (Å²) >= 11 is 0. The first-order chi connectivity index (χ1) is 5.77. The minimum absolute atomic E-state index is 0.441. The van der Waals surface area contributed by atoms with Crippen molar-refractivity contribution in [2.24, 2.45) is 5.73 Å². The molecule has 0 radical (unpaired) electrons. The Bertz CT molecular complexity index is 433. The lowest BCUT2D eigenvalue weighted by Gasteiger charge is -1.91. The molecular weight excluding hydrogens is 156 g/mol. The first-order valence-corrected chi connectivity index (χ1v) is 3.41. The highest BCUT2D eigenvalue weighted by Gasteiger charge is 2.03. The van der Waals surface area contributed by atoms with Crippen LogP contribution in [0.1, 0.15) is 10.4 Å². The average Bonchev–Trinajstić information content (AvgIpc) is 2.49. The maximum Gasteiger partial charge on any atom is 0.248 e. The average molecular weight is 162 g/mol. The molecule has 0 aliphatic heterocycles. The van der Waals surface area contributed by atoms with Crippen molar-refractivity contribution in [2.45, 2.75) is 0 Å². The Morgan fingerprint density at radius 2 is 2.33 bits per heavy atom. The van der Waals surface area contributed by atoms with Gasteiger partial charge in [0, 0.05) is 10.9 Å². The van der Waals surface area contributed by atoms with Gasteiger partial charge in [0.25, 0.3) is 0 Å². The lowest BCUT2D eigenvalue weighted by Crippen LogP contribution is -2.10. The quantitative estimate of drug-likeness (QED) is 0.678. The predicted octanol–water partition coefficient (Wildman–Crippen LogP) is 0.927. The van der Waals surface area contributed by atoms with Crippen LogP contribution in [0.25, 0.3) is 10.9 Å². The molecule has 0 fully saturated rings. The van der Waals surface area contributed by atoms with E-state index in [-0.39, 0.29) is 0 Å². The van der Waals surface area contributed by atoms with Crippen LogP contribution in [0.4, 0.5) is 0 Å². The molecule has 4 heteroatoms. The van der Waals surface area contributed by atoms with Gasteiger partial charge in [0.1, 0.15) is 11.8 Å². The van der Waals surface area contributed by atoms with E-state index < -0.39 is 5.91 Å². The van der Waals surface area contributed by atoms with Gasteiger partial charge in [-0.2, -0.15) is 0 Å². The number of hydrogen-bond donors (Lipinski definition) is 1. The third kappa shape index (κ3) is 0.934. The maximum atomic E-state index is 10.7. The van der Waals surface area contributed by atoms with Gasteiger partial charge in [-0.25, -0.2) is 0 Å². The van der Waals surface area contributed by atoms with Gasteiger partial charge in [0.15, 0.2) is 0 Å². The second kappa shape index (κ2) is 2.34. The van der Waals surface area contributed by atoms with Crippen molar-refractivity contribution in [1.82, 2.24) is 5.16 Å². The fraction of sp³-hybridized carbons (Fsp3) is 0. The summed E-state index contributed by atoms with van der Waals surface area (Å²) in [7, 11) is 0. The summed E-state index contributed by atoms with van der Waals surface area (Å²) in [5.41, 5.74) is 6.16. The second-order valence-electron chi connectivity index (χ2n) is 2.45. The monoisotopic (exact) mass is 162 g/mol. The van der Waals surface area contributed by atoms with Crippen molar-refractivity contribution in [3.8, 4) is 0 Å². The minimum atomic E-state index is -0.458. The molecule has 2 aromatic rings. The van der Waals surface area contributed by atoms with Crippen LogP contribution in [0.2, 0.25) is 0 Å². The second-order valence-corrected chi connectivity index (χ2v) is 2.45. The Labute approximate surface area is 67.9 Å². The van der Waals surface area contributed by atoms with Crippen LogP contribution < -0.4 is 5.73 Å². The predicted molar refractivity (Wildman–Crippen MR) is 42.5 cm³/mol. The van der Waals surface area contributed by atoms with Gasteiger partial charge < -0.3 is 10.3 Å². The summed E-state index contributed by atoms with van der Waals surface area (Å²) in [5.74, 6) is -0.458. The van der Waals surface area contributed by atoms with Crippen LogP contribution in [0.5, 0.6) is 0 Å². The van der Waals surface area contributed by atoms with E-state index >= 15 is 0 Å². The summed E-state index contributed by atoms with van der Waals surface area (Å²) in [6.07, 6.45) is 1.51. The highest BCUT2D eigenvalue weighted by molar-refractivity contribution is 5.96. The summed E-state index contributed by atoms with van der Waals surface area (Å²) < 4.78 is 4.70. The van der Waals surface area contributed by atoms with Gasteiger partial charge >= 0.3 is 0 Å². The number of rotatable bonds is 1.